The monoisotopic (exact) mass is 290 g/mol. The molecule has 1 aromatic carbocycles. The fourth-order valence-corrected chi connectivity index (χ4v) is 3.82. The minimum Gasteiger partial charge on any atom is -0.331 e. The lowest BCUT2D eigenvalue weighted by molar-refractivity contribution is -0.141. The number of amides is 1. The van der Waals surface area contributed by atoms with Gasteiger partial charge in [-0.2, -0.15) is 0 Å². The maximum atomic E-state index is 14.2. The van der Waals surface area contributed by atoms with Crippen molar-refractivity contribution >= 4 is 5.91 Å². The van der Waals surface area contributed by atoms with Crippen LogP contribution in [-0.2, 0) is 4.79 Å². The van der Waals surface area contributed by atoms with Gasteiger partial charge in [-0.3, -0.25) is 4.79 Å². The lowest BCUT2D eigenvalue weighted by Gasteiger charge is -2.45. The molecule has 21 heavy (non-hydrogen) atoms. The molecule has 1 aliphatic heterocycles. The van der Waals surface area contributed by atoms with E-state index in [1.165, 1.54) is 12.5 Å². The first kappa shape index (κ1) is 14.5. The molecule has 0 aromatic heterocycles. The van der Waals surface area contributed by atoms with E-state index >= 15 is 0 Å². The zero-order chi connectivity index (χ0) is 14.8. The lowest BCUT2D eigenvalue weighted by Crippen LogP contribution is -2.53. The van der Waals surface area contributed by atoms with Crippen molar-refractivity contribution in [2.75, 3.05) is 0 Å². The molecule has 1 saturated carbocycles. The standard InChI is InChI=1S/C17H23FN2O/c18-14-9-5-4-8-13(14)17-15(19)10-11-16(21)20(17)12-6-2-1-3-7-12/h4-5,8-9,12,15,17H,1-3,6-7,10-11,19H2. The van der Waals surface area contributed by atoms with Crippen molar-refractivity contribution in [2.45, 2.75) is 63.1 Å². The molecule has 114 valence electrons. The Morgan fingerprint density at radius 2 is 1.81 bits per heavy atom. The fraction of sp³-hybridized carbons (Fsp3) is 0.588. The van der Waals surface area contributed by atoms with Gasteiger partial charge in [-0.1, -0.05) is 37.5 Å². The second-order valence-corrected chi connectivity index (χ2v) is 6.26. The number of carbonyl (C=O) groups excluding carboxylic acids is 1. The molecular weight excluding hydrogens is 267 g/mol. The number of hydrogen-bond donors (Lipinski definition) is 1. The van der Waals surface area contributed by atoms with Crippen LogP contribution in [0.3, 0.4) is 0 Å². The summed E-state index contributed by atoms with van der Waals surface area (Å²) in [6.45, 7) is 0. The van der Waals surface area contributed by atoms with Gasteiger partial charge < -0.3 is 10.6 Å². The Labute approximate surface area is 125 Å². The summed E-state index contributed by atoms with van der Waals surface area (Å²) in [6.07, 6.45) is 6.69. The van der Waals surface area contributed by atoms with Crippen molar-refractivity contribution in [3.05, 3.63) is 35.6 Å². The summed E-state index contributed by atoms with van der Waals surface area (Å²) >= 11 is 0. The van der Waals surface area contributed by atoms with Gasteiger partial charge >= 0.3 is 0 Å². The first-order valence-electron chi connectivity index (χ1n) is 7.99. The van der Waals surface area contributed by atoms with E-state index < -0.39 is 0 Å². The SMILES string of the molecule is NC1CCC(=O)N(C2CCCCC2)C1c1ccccc1F. The van der Waals surface area contributed by atoms with Crippen LogP contribution in [0.15, 0.2) is 24.3 Å². The number of carbonyl (C=O) groups is 1. The molecule has 2 aliphatic rings. The molecule has 0 radical (unpaired) electrons. The third-order valence-electron chi connectivity index (χ3n) is 4.88. The van der Waals surface area contributed by atoms with Crippen LogP contribution in [0.5, 0.6) is 0 Å². The smallest absolute Gasteiger partial charge is 0.223 e. The zero-order valence-electron chi connectivity index (χ0n) is 12.3. The number of nitrogens with zero attached hydrogens (tertiary/aromatic N) is 1. The van der Waals surface area contributed by atoms with Crippen molar-refractivity contribution in [2.24, 2.45) is 5.73 Å². The number of hydrogen-bond acceptors (Lipinski definition) is 2. The van der Waals surface area contributed by atoms with E-state index in [2.05, 4.69) is 0 Å². The van der Waals surface area contributed by atoms with Crippen LogP contribution < -0.4 is 5.73 Å². The highest BCUT2D eigenvalue weighted by atomic mass is 19.1. The maximum Gasteiger partial charge on any atom is 0.223 e. The van der Waals surface area contributed by atoms with E-state index in [1.54, 1.807) is 12.1 Å². The molecule has 1 saturated heterocycles. The Morgan fingerprint density at radius 1 is 1.10 bits per heavy atom. The Morgan fingerprint density at radius 3 is 2.52 bits per heavy atom. The van der Waals surface area contributed by atoms with E-state index in [-0.39, 0.29) is 29.8 Å². The summed E-state index contributed by atoms with van der Waals surface area (Å²) in [5.74, 6) is -0.120. The normalized spacial score (nSPS) is 27.9. The minimum atomic E-state index is -0.310. The third kappa shape index (κ3) is 2.82. The van der Waals surface area contributed by atoms with Crippen molar-refractivity contribution in [3.8, 4) is 0 Å². The van der Waals surface area contributed by atoms with Crippen molar-refractivity contribution in [1.29, 1.82) is 0 Å². The van der Waals surface area contributed by atoms with Gasteiger partial charge in [0.25, 0.3) is 0 Å². The van der Waals surface area contributed by atoms with Crippen LogP contribution in [0.4, 0.5) is 4.39 Å². The highest BCUT2D eigenvalue weighted by molar-refractivity contribution is 5.78. The number of nitrogens with two attached hydrogens (primary N) is 1. The van der Waals surface area contributed by atoms with Gasteiger partial charge in [-0.15, -0.1) is 0 Å². The molecular formula is C17H23FN2O. The van der Waals surface area contributed by atoms with E-state index in [9.17, 15) is 9.18 Å². The molecule has 0 spiro atoms. The second kappa shape index (κ2) is 6.14. The summed E-state index contributed by atoms with van der Waals surface area (Å²) in [4.78, 5) is 14.4. The molecule has 3 rings (SSSR count). The number of halogens is 1. The van der Waals surface area contributed by atoms with Gasteiger partial charge in [0.1, 0.15) is 5.82 Å². The summed E-state index contributed by atoms with van der Waals surface area (Å²) in [5.41, 5.74) is 6.85. The first-order valence-corrected chi connectivity index (χ1v) is 7.99. The Hall–Kier alpha value is -1.42. The van der Waals surface area contributed by atoms with Gasteiger partial charge in [0.15, 0.2) is 0 Å². The summed E-state index contributed by atoms with van der Waals surface area (Å²) in [5, 5.41) is 0. The highest BCUT2D eigenvalue weighted by Crippen LogP contribution is 2.37. The maximum absolute atomic E-state index is 14.2. The summed E-state index contributed by atoms with van der Waals surface area (Å²) in [6, 6.07) is 6.47. The highest BCUT2D eigenvalue weighted by Gasteiger charge is 2.40. The molecule has 2 N–H and O–H groups in total. The number of likely N-dealkylation sites (tertiary alicyclic amines) is 1. The van der Waals surface area contributed by atoms with Crippen molar-refractivity contribution < 1.29 is 9.18 Å². The van der Waals surface area contributed by atoms with Gasteiger partial charge in [-0.25, -0.2) is 4.39 Å². The molecule has 1 aromatic rings. The van der Waals surface area contributed by atoms with Gasteiger partial charge in [0.05, 0.1) is 6.04 Å². The largest absolute Gasteiger partial charge is 0.331 e. The van der Waals surface area contributed by atoms with Gasteiger partial charge in [0.2, 0.25) is 5.91 Å². The topological polar surface area (TPSA) is 46.3 Å². The predicted octanol–water partition coefficient (Wildman–Crippen LogP) is 3.15. The van der Waals surface area contributed by atoms with E-state index in [4.69, 9.17) is 5.73 Å². The minimum absolute atomic E-state index is 0.136. The second-order valence-electron chi connectivity index (χ2n) is 6.26. The summed E-state index contributed by atoms with van der Waals surface area (Å²) < 4.78 is 14.2. The molecule has 2 atom stereocenters. The van der Waals surface area contributed by atoms with Gasteiger partial charge in [-0.05, 0) is 25.3 Å². The Kier molecular flexibility index (Phi) is 4.24. The van der Waals surface area contributed by atoms with Crippen LogP contribution in [0.1, 0.15) is 56.6 Å². The first-order chi connectivity index (χ1) is 10.2. The van der Waals surface area contributed by atoms with E-state index in [0.717, 1.165) is 25.7 Å². The molecule has 2 unspecified atom stereocenters. The zero-order valence-corrected chi connectivity index (χ0v) is 12.3. The Balaban J connectivity index is 1.95. The number of piperidine rings is 1. The van der Waals surface area contributed by atoms with Crippen molar-refractivity contribution in [1.82, 2.24) is 4.90 Å². The number of benzene rings is 1. The van der Waals surface area contributed by atoms with E-state index in [1.807, 2.05) is 11.0 Å². The van der Waals surface area contributed by atoms with Crippen LogP contribution in [0.25, 0.3) is 0 Å². The molecule has 3 nitrogen and oxygen atoms in total. The molecule has 2 fully saturated rings. The summed E-state index contributed by atoms with van der Waals surface area (Å²) in [7, 11) is 0. The van der Waals surface area contributed by atoms with Gasteiger partial charge in [0, 0.05) is 24.1 Å². The molecule has 1 heterocycles. The molecule has 4 heteroatoms. The van der Waals surface area contributed by atoms with Crippen LogP contribution in [0, 0.1) is 5.82 Å². The molecule has 1 amide bonds. The van der Waals surface area contributed by atoms with Crippen LogP contribution in [0.2, 0.25) is 0 Å². The van der Waals surface area contributed by atoms with Crippen molar-refractivity contribution in [3.63, 3.8) is 0 Å². The number of rotatable bonds is 2. The third-order valence-corrected chi connectivity index (χ3v) is 4.88. The fourth-order valence-electron chi connectivity index (χ4n) is 3.82. The predicted molar refractivity (Wildman–Crippen MR) is 80.1 cm³/mol. The molecule has 1 aliphatic carbocycles. The quantitative estimate of drug-likeness (QED) is 0.909. The Bertz CT molecular complexity index is 513. The van der Waals surface area contributed by atoms with Crippen LogP contribution in [-0.4, -0.2) is 22.9 Å². The average Bonchev–Trinajstić information content (AvgIpc) is 2.51. The lowest BCUT2D eigenvalue weighted by atomic mass is 9.85. The van der Waals surface area contributed by atoms with E-state index in [0.29, 0.717) is 18.4 Å². The molecule has 0 bridgehead atoms. The van der Waals surface area contributed by atoms with Crippen LogP contribution >= 0.6 is 0 Å². The average molecular weight is 290 g/mol.